The Morgan fingerprint density at radius 3 is 2.81 bits per heavy atom. The second-order valence-corrected chi connectivity index (χ2v) is 5.75. The van der Waals surface area contributed by atoms with Gasteiger partial charge in [0.25, 0.3) is 0 Å². The van der Waals surface area contributed by atoms with Gasteiger partial charge in [-0.1, -0.05) is 6.08 Å². The number of esters is 1. The Kier molecular flexibility index (Phi) is 3.53. The van der Waals surface area contributed by atoms with Crippen LogP contribution in [-0.4, -0.2) is 60.4 Å². The van der Waals surface area contributed by atoms with Crippen molar-refractivity contribution in [3.05, 3.63) is 23.8 Å². The summed E-state index contributed by atoms with van der Waals surface area (Å²) in [5.74, 6) is -0.848. The number of carbonyl (C=O) groups is 3. The fourth-order valence-electron chi connectivity index (χ4n) is 2.98. The first-order valence-corrected chi connectivity index (χ1v) is 7.14. The molecule has 0 saturated carbocycles. The Morgan fingerprint density at radius 2 is 2.05 bits per heavy atom. The van der Waals surface area contributed by atoms with Crippen LogP contribution in [0.5, 0.6) is 0 Å². The fraction of sp³-hybridized carbons (Fsp3) is 0.533. The van der Waals surface area contributed by atoms with E-state index in [9.17, 15) is 14.4 Å². The minimum atomic E-state index is -0.409. The monoisotopic (exact) mass is 290 g/mol. The maximum Gasteiger partial charge on any atom is 0.326 e. The van der Waals surface area contributed by atoms with Gasteiger partial charge in [-0.2, -0.15) is 0 Å². The Hall–Kier alpha value is -2.11. The van der Waals surface area contributed by atoms with Crippen LogP contribution in [0.2, 0.25) is 0 Å². The number of ether oxygens (including phenoxy) is 1. The minimum Gasteiger partial charge on any atom is -0.452 e. The molecule has 0 aromatic rings. The molecule has 1 fully saturated rings. The molecule has 6 heteroatoms. The molecule has 21 heavy (non-hydrogen) atoms. The molecule has 4 bridgehead atoms. The van der Waals surface area contributed by atoms with Crippen molar-refractivity contribution < 1.29 is 19.1 Å². The van der Waals surface area contributed by atoms with Crippen molar-refractivity contribution in [2.24, 2.45) is 5.92 Å². The summed E-state index contributed by atoms with van der Waals surface area (Å²) < 4.78 is 5.32. The fourth-order valence-corrected chi connectivity index (χ4v) is 2.98. The Bertz CT molecular complexity index is 552. The molecular weight excluding hydrogens is 272 g/mol. The molecule has 1 saturated heterocycles. The van der Waals surface area contributed by atoms with E-state index in [-0.39, 0.29) is 30.7 Å². The summed E-state index contributed by atoms with van der Waals surface area (Å²) in [6.07, 6.45) is 5.86. The van der Waals surface area contributed by atoms with Crippen LogP contribution in [0.4, 0.5) is 0 Å². The molecule has 0 aromatic heterocycles. The predicted molar refractivity (Wildman–Crippen MR) is 74.0 cm³/mol. The van der Waals surface area contributed by atoms with E-state index in [1.807, 2.05) is 12.2 Å². The van der Waals surface area contributed by atoms with Gasteiger partial charge in [-0.15, -0.1) is 0 Å². The smallest absolute Gasteiger partial charge is 0.326 e. The third-order valence-corrected chi connectivity index (χ3v) is 4.13. The average Bonchev–Trinajstić information content (AvgIpc) is 2.86. The van der Waals surface area contributed by atoms with Gasteiger partial charge in [-0.05, 0) is 24.1 Å². The Labute approximate surface area is 123 Å². The molecule has 3 heterocycles. The van der Waals surface area contributed by atoms with Crippen molar-refractivity contribution in [2.75, 3.05) is 26.7 Å². The lowest BCUT2D eigenvalue weighted by atomic mass is 9.94. The van der Waals surface area contributed by atoms with Crippen LogP contribution in [0.3, 0.4) is 0 Å². The third kappa shape index (κ3) is 2.84. The molecular formula is C15H18N2O4. The normalized spacial score (nSPS) is 29.8. The number of likely N-dealkylation sites (N-methyl/N-ethyl adjacent to an activating group) is 1. The topological polar surface area (TPSA) is 66.9 Å². The maximum atomic E-state index is 12.4. The summed E-state index contributed by atoms with van der Waals surface area (Å²) in [7, 11) is 1.74. The summed E-state index contributed by atoms with van der Waals surface area (Å²) in [4.78, 5) is 39.5. The van der Waals surface area contributed by atoms with Crippen molar-refractivity contribution in [3.8, 4) is 0 Å². The largest absolute Gasteiger partial charge is 0.452 e. The van der Waals surface area contributed by atoms with Crippen molar-refractivity contribution in [1.29, 1.82) is 0 Å². The highest BCUT2D eigenvalue weighted by Crippen LogP contribution is 2.23. The number of hydrogen-bond acceptors (Lipinski definition) is 4. The van der Waals surface area contributed by atoms with E-state index >= 15 is 0 Å². The lowest BCUT2D eigenvalue weighted by Gasteiger charge is -2.32. The number of nitrogens with zero attached hydrogens (tertiary/aromatic N) is 2. The van der Waals surface area contributed by atoms with Gasteiger partial charge in [-0.3, -0.25) is 14.4 Å². The van der Waals surface area contributed by atoms with Crippen molar-refractivity contribution >= 4 is 17.8 Å². The highest BCUT2D eigenvalue weighted by Gasteiger charge is 2.34. The lowest BCUT2D eigenvalue weighted by molar-refractivity contribution is -0.153. The molecule has 4 aliphatic rings. The van der Waals surface area contributed by atoms with E-state index < -0.39 is 12.1 Å². The van der Waals surface area contributed by atoms with E-state index in [2.05, 4.69) is 0 Å². The molecule has 112 valence electrons. The van der Waals surface area contributed by atoms with E-state index in [1.165, 1.54) is 4.90 Å². The summed E-state index contributed by atoms with van der Waals surface area (Å²) in [6, 6.07) is 0. The van der Waals surface area contributed by atoms with Crippen LogP contribution < -0.4 is 0 Å². The first-order chi connectivity index (χ1) is 10.0. The van der Waals surface area contributed by atoms with Gasteiger partial charge in [0.05, 0.1) is 0 Å². The second kappa shape index (κ2) is 5.35. The molecule has 0 aromatic carbocycles. The van der Waals surface area contributed by atoms with Crippen LogP contribution in [0, 0.1) is 5.92 Å². The highest BCUT2D eigenvalue weighted by molar-refractivity contribution is 5.89. The zero-order valence-corrected chi connectivity index (χ0v) is 11.9. The van der Waals surface area contributed by atoms with E-state index in [0.717, 1.165) is 5.57 Å². The van der Waals surface area contributed by atoms with E-state index in [4.69, 9.17) is 4.74 Å². The molecule has 1 aliphatic carbocycles. The molecule has 4 rings (SSSR count). The van der Waals surface area contributed by atoms with Gasteiger partial charge < -0.3 is 14.5 Å². The van der Waals surface area contributed by atoms with Crippen molar-refractivity contribution in [2.45, 2.75) is 18.9 Å². The summed E-state index contributed by atoms with van der Waals surface area (Å²) in [5.41, 5.74) is 0.948. The quantitative estimate of drug-likeness (QED) is 0.594. The molecule has 2 unspecified atom stereocenters. The minimum absolute atomic E-state index is 0.00718. The zero-order valence-electron chi connectivity index (χ0n) is 11.9. The standard InChI is InChI=1S/C15H18N2O4/c1-16-8-10-2-3-12(6-10)21-14(19)9-17-5-4-11(15(16)20)7-13(17)18/h2-3,6,11-12H,4-5,7-9H2,1H3. The van der Waals surface area contributed by atoms with Crippen molar-refractivity contribution in [3.63, 3.8) is 0 Å². The van der Waals surface area contributed by atoms with Gasteiger partial charge in [-0.25, -0.2) is 0 Å². The second-order valence-electron chi connectivity index (χ2n) is 5.75. The number of amides is 2. The van der Waals surface area contributed by atoms with Gasteiger partial charge in [0, 0.05) is 32.5 Å². The van der Waals surface area contributed by atoms with Crippen LogP contribution >= 0.6 is 0 Å². The third-order valence-electron chi connectivity index (χ3n) is 4.13. The molecule has 2 atom stereocenters. The number of fused-ring (bicyclic) bond motifs is 6. The van der Waals surface area contributed by atoms with Gasteiger partial charge >= 0.3 is 5.97 Å². The van der Waals surface area contributed by atoms with Crippen LogP contribution in [0.1, 0.15) is 12.8 Å². The summed E-state index contributed by atoms with van der Waals surface area (Å²) in [5, 5.41) is 0. The molecule has 0 N–H and O–H groups in total. The first-order valence-electron chi connectivity index (χ1n) is 7.14. The predicted octanol–water partition coefficient (Wildman–Crippen LogP) is 0.105. The number of piperidine rings is 1. The zero-order chi connectivity index (χ0) is 15.0. The number of hydrogen-bond donors (Lipinski definition) is 0. The first kappa shape index (κ1) is 13.9. The number of carbonyl (C=O) groups excluding carboxylic acids is 3. The van der Waals surface area contributed by atoms with E-state index in [1.54, 1.807) is 18.0 Å². The van der Waals surface area contributed by atoms with Gasteiger partial charge in [0.2, 0.25) is 11.8 Å². The lowest BCUT2D eigenvalue weighted by Crippen LogP contribution is -2.46. The molecule has 3 aliphatic heterocycles. The molecule has 2 amide bonds. The van der Waals surface area contributed by atoms with Gasteiger partial charge in [0.15, 0.2) is 0 Å². The van der Waals surface area contributed by atoms with E-state index in [0.29, 0.717) is 19.5 Å². The van der Waals surface area contributed by atoms with Gasteiger partial charge in [0.1, 0.15) is 12.6 Å². The van der Waals surface area contributed by atoms with Crippen molar-refractivity contribution in [1.82, 2.24) is 9.80 Å². The highest BCUT2D eigenvalue weighted by atomic mass is 16.5. The molecule has 6 nitrogen and oxygen atoms in total. The summed E-state index contributed by atoms with van der Waals surface area (Å²) >= 11 is 0. The van der Waals surface area contributed by atoms with Crippen LogP contribution in [0.15, 0.2) is 23.8 Å². The maximum absolute atomic E-state index is 12.4. The molecule has 0 spiro atoms. The van der Waals surface area contributed by atoms with Crippen LogP contribution in [-0.2, 0) is 19.1 Å². The summed E-state index contributed by atoms with van der Waals surface area (Å²) in [6.45, 7) is 0.861. The Balaban J connectivity index is 1.85. The Morgan fingerprint density at radius 1 is 1.24 bits per heavy atom. The SMILES string of the molecule is CN1CC2=CC(C=C2)OC(=O)CN2CCC(CC2=O)C1=O. The average molecular weight is 290 g/mol. The van der Waals surface area contributed by atoms with Crippen LogP contribution in [0.25, 0.3) is 0 Å². The molecule has 0 radical (unpaired) electrons. The number of rotatable bonds is 0.